The van der Waals surface area contributed by atoms with Crippen molar-refractivity contribution in [2.75, 3.05) is 46.3 Å². The first-order valence-electron chi connectivity index (χ1n) is 11.9. The highest BCUT2D eigenvalue weighted by Crippen LogP contribution is 2.48. The first kappa shape index (κ1) is 22.5. The summed E-state index contributed by atoms with van der Waals surface area (Å²) >= 11 is 0. The standard InChI is InChI=1S/C26H31N5O3/c1-18(2)31-24(33)21-7-5-4-6-20(21)22(25(34)29-14-12-28(3)13-15-29)26(31)16-30(17-26)23(32)19-8-10-27-11-9-19/h4-11,18,22H,12-17H2,1-3H3. The summed E-state index contributed by atoms with van der Waals surface area (Å²) in [5.41, 5.74) is 1.17. The van der Waals surface area contributed by atoms with Crippen LogP contribution in [-0.2, 0) is 4.79 Å². The minimum atomic E-state index is -0.761. The van der Waals surface area contributed by atoms with Crippen molar-refractivity contribution in [2.24, 2.45) is 0 Å². The molecule has 5 rings (SSSR count). The van der Waals surface area contributed by atoms with Crippen molar-refractivity contribution in [2.45, 2.75) is 31.3 Å². The van der Waals surface area contributed by atoms with Crippen molar-refractivity contribution in [3.05, 3.63) is 65.5 Å². The summed E-state index contributed by atoms with van der Waals surface area (Å²) in [5.74, 6) is -0.624. The van der Waals surface area contributed by atoms with Gasteiger partial charge in [-0.15, -0.1) is 0 Å². The number of amides is 3. The molecule has 0 N–H and O–H groups in total. The summed E-state index contributed by atoms with van der Waals surface area (Å²) in [5, 5.41) is 0. The summed E-state index contributed by atoms with van der Waals surface area (Å²) in [6.07, 6.45) is 3.20. The van der Waals surface area contributed by atoms with Crippen molar-refractivity contribution >= 4 is 17.7 Å². The minimum Gasteiger partial charge on any atom is -0.340 e. The van der Waals surface area contributed by atoms with Gasteiger partial charge in [-0.2, -0.15) is 0 Å². The molecule has 1 spiro atoms. The van der Waals surface area contributed by atoms with E-state index in [1.807, 2.05) is 47.9 Å². The van der Waals surface area contributed by atoms with Gasteiger partial charge in [-0.3, -0.25) is 19.4 Å². The van der Waals surface area contributed by atoms with Gasteiger partial charge in [-0.25, -0.2) is 0 Å². The van der Waals surface area contributed by atoms with E-state index in [1.54, 1.807) is 29.4 Å². The van der Waals surface area contributed by atoms with Crippen molar-refractivity contribution in [3.63, 3.8) is 0 Å². The largest absolute Gasteiger partial charge is 0.340 e. The molecule has 2 saturated heterocycles. The number of rotatable bonds is 3. The number of carbonyl (C=O) groups excluding carboxylic acids is 3. The molecule has 8 nitrogen and oxygen atoms in total. The van der Waals surface area contributed by atoms with Gasteiger partial charge in [0.1, 0.15) is 0 Å². The van der Waals surface area contributed by atoms with Crippen LogP contribution >= 0.6 is 0 Å². The second kappa shape index (κ2) is 8.51. The van der Waals surface area contributed by atoms with Crippen LogP contribution in [0.1, 0.15) is 46.0 Å². The van der Waals surface area contributed by atoms with Gasteiger partial charge in [0.25, 0.3) is 11.8 Å². The second-order valence-electron chi connectivity index (χ2n) is 9.92. The van der Waals surface area contributed by atoms with Gasteiger partial charge in [0.05, 0.1) is 11.5 Å². The topological polar surface area (TPSA) is 77.1 Å². The zero-order chi connectivity index (χ0) is 24.0. The molecule has 0 radical (unpaired) electrons. The molecule has 34 heavy (non-hydrogen) atoms. The smallest absolute Gasteiger partial charge is 0.255 e. The summed E-state index contributed by atoms with van der Waals surface area (Å²) in [7, 11) is 2.06. The Morgan fingerprint density at radius 2 is 1.62 bits per heavy atom. The predicted molar refractivity (Wildman–Crippen MR) is 127 cm³/mol. The van der Waals surface area contributed by atoms with Crippen molar-refractivity contribution in [1.82, 2.24) is 24.6 Å². The molecule has 8 heteroatoms. The van der Waals surface area contributed by atoms with Crippen LogP contribution < -0.4 is 0 Å². The molecule has 3 aliphatic heterocycles. The van der Waals surface area contributed by atoms with Gasteiger partial charge in [-0.05, 0) is 44.7 Å². The van der Waals surface area contributed by atoms with Crippen LogP contribution in [0.4, 0.5) is 0 Å². The average molecular weight is 462 g/mol. The van der Waals surface area contributed by atoms with Gasteiger partial charge in [0, 0.05) is 68.8 Å². The molecule has 3 amide bonds. The number of hydrogen-bond donors (Lipinski definition) is 0. The van der Waals surface area contributed by atoms with Gasteiger partial charge >= 0.3 is 0 Å². The second-order valence-corrected chi connectivity index (χ2v) is 9.92. The number of carbonyl (C=O) groups is 3. The fourth-order valence-electron chi connectivity index (χ4n) is 5.80. The summed E-state index contributed by atoms with van der Waals surface area (Å²) in [6.45, 7) is 7.61. The zero-order valence-electron chi connectivity index (χ0n) is 20.0. The third-order valence-electron chi connectivity index (χ3n) is 7.46. The number of pyridine rings is 1. The van der Waals surface area contributed by atoms with Crippen LogP contribution in [0, 0.1) is 0 Å². The van der Waals surface area contributed by atoms with Crippen molar-refractivity contribution in [3.8, 4) is 0 Å². The quantitative estimate of drug-likeness (QED) is 0.696. The van der Waals surface area contributed by atoms with Crippen LogP contribution in [0.5, 0.6) is 0 Å². The number of fused-ring (bicyclic) bond motifs is 1. The first-order chi connectivity index (χ1) is 16.3. The van der Waals surface area contributed by atoms with E-state index in [-0.39, 0.29) is 23.8 Å². The Morgan fingerprint density at radius 1 is 0.971 bits per heavy atom. The van der Waals surface area contributed by atoms with Crippen LogP contribution in [0.25, 0.3) is 0 Å². The van der Waals surface area contributed by atoms with Crippen LogP contribution in [0.3, 0.4) is 0 Å². The lowest BCUT2D eigenvalue weighted by molar-refractivity contribution is -0.144. The molecular weight excluding hydrogens is 430 g/mol. The molecule has 0 aliphatic carbocycles. The Morgan fingerprint density at radius 3 is 2.26 bits per heavy atom. The van der Waals surface area contributed by atoms with Gasteiger partial charge in [0.2, 0.25) is 5.91 Å². The monoisotopic (exact) mass is 461 g/mol. The normalized spacial score (nSPS) is 22.1. The highest BCUT2D eigenvalue weighted by atomic mass is 16.2. The number of piperazine rings is 1. The zero-order valence-corrected chi connectivity index (χ0v) is 20.0. The third kappa shape index (κ3) is 3.48. The van der Waals surface area contributed by atoms with E-state index in [0.717, 1.165) is 18.7 Å². The molecule has 2 aromatic rings. The maximum Gasteiger partial charge on any atom is 0.255 e. The van der Waals surface area contributed by atoms with E-state index < -0.39 is 11.5 Å². The molecule has 3 aliphatic rings. The molecule has 2 fully saturated rings. The Hall–Kier alpha value is -3.26. The molecule has 4 heterocycles. The van der Waals surface area contributed by atoms with Crippen molar-refractivity contribution in [1.29, 1.82) is 0 Å². The average Bonchev–Trinajstić information content (AvgIpc) is 2.82. The Kier molecular flexibility index (Phi) is 5.64. The van der Waals surface area contributed by atoms with E-state index >= 15 is 0 Å². The highest BCUT2D eigenvalue weighted by Gasteiger charge is 2.62. The summed E-state index contributed by atoms with van der Waals surface area (Å²) < 4.78 is 0. The molecule has 0 saturated carbocycles. The van der Waals surface area contributed by atoms with E-state index in [2.05, 4.69) is 16.9 Å². The maximum absolute atomic E-state index is 14.1. The van der Waals surface area contributed by atoms with Crippen LogP contribution in [-0.4, -0.2) is 100 Å². The first-order valence-corrected chi connectivity index (χ1v) is 11.9. The van der Waals surface area contributed by atoms with Crippen LogP contribution in [0.2, 0.25) is 0 Å². The van der Waals surface area contributed by atoms with E-state index in [1.165, 1.54) is 0 Å². The Labute approximate surface area is 200 Å². The highest BCUT2D eigenvalue weighted by molar-refractivity contribution is 6.03. The predicted octanol–water partition coefficient (Wildman–Crippen LogP) is 1.70. The van der Waals surface area contributed by atoms with Gasteiger partial charge in [0.15, 0.2) is 0 Å². The number of likely N-dealkylation sites (N-methyl/N-ethyl adjacent to an activating group) is 1. The van der Waals surface area contributed by atoms with E-state index in [0.29, 0.717) is 37.3 Å². The van der Waals surface area contributed by atoms with E-state index in [4.69, 9.17) is 0 Å². The molecule has 1 atom stereocenters. The molecule has 1 aromatic heterocycles. The fourth-order valence-corrected chi connectivity index (χ4v) is 5.80. The molecular formula is C26H31N5O3. The van der Waals surface area contributed by atoms with Crippen molar-refractivity contribution < 1.29 is 14.4 Å². The number of hydrogen-bond acceptors (Lipinski definition) is 5. The molecule has 1 unspecified atom stereocenters. The number of aromatic nitrogens is 1. The van der Waals surface area contributed by atoms with E-state index in [9.17, 15) is 14.4 Å². The minimum absolute atomic E-state index is 0.0507. The fraction of sp³-hybridized carbons (Fsp3) is 0.462. The SMILES string of the molecule is CC(C)N1C(=O)c2ccccc2C(C(=O)N2CCN(C)CC2)C12CN(C(=O)c1ccncc1)C2. The van der Waals surface area contributed by atoms with Gasteiger partial charge in [-0.1, -0.05) is 18.2 Å². The lowest BCUT2D eigenvalue weighted by Gasteiger charge is -2.62. The lowest BCUT2D eigenvalue weighted by atomic mass is 9.67. The third-order valence-corrected chi connectivity index (χ3v) is 7.46. The molecule has 178 valence electrons. The summed E-state index contributed by atoms with van der Waals surface area (Å²) in [6, 6.07) is 10.8. The lowest BCUT2D eigenvalue weighted by Crippen LogP contribution is -2.78. The Balaban J connectivity index is 1.55. The summed E-state index contributed by atoms with van der Waals surface area (Å²) in [4.78, 5) is 52.7. The molecule has 1 aromatic carbocycles. The number of nitrogens with zero attached hydrogens (tertiary/aromatic N) is 5. The maximum atomic E-state index is 14.1. The molecule has 0 bridgehead atoms. The Bertz CT molecular complexity index is 1100. The van der Waals surface area contributed by atoms with Gasteiger partial charge < -0.3 is 19.6 Å². The number of likely N-dealkylation sites (tertiary alicyclic amines) is 1. The number of benzene rings is 1. The van der Waals surface area contributed by atoms with Crippen LogP contribution in [0.15, 0.2) is 48.8 Å².